The summed E-state index contributed by atoms with van der Waals surface area (Å²) in [5.74, 6) is 1.15. The van der Waals surface area contributed by atoms with Gasteiger partial charge in [0.25, 0.3) is 0 Å². The summed E-state index contributed by atoms with van der Waals surface area (Å²) >= 11 is 12.2. The number of sulfone groups is 1. The van der Waals surface area contributed by atoms with Crippen LogP contribution in [0.2, 0.25) is 10.0 Å². The summed E-state index contributed by atoms with van der Waals surface area (Å²) in [7, 11) is -1.13. The Kier molecular flexibility index (Phi) is 9.95. The molecule has 1 unspecified atom stereocenters. The molecule has 148 valence electrons. The lowest BCUT2D eigenvalue weighted by Crippen LogP contribution is -2.46. The lowest BCUT2D eigenvalue weighted by Gasteiger charge is -2.27. The van der Waals surface area contributed by atoms with Crippen LogP contribution >= 0.6 is 47.2 Å². The average molecular weight is 535 g/mol. The van der Waals surface area contributed by atoms with Crippen LogP contribution in [0, 0.1) is 0 Å². The van der Waals surface area contributed by atoms with Gasteiger partial charge < -0.3 is 10.6 Å². The fourth-order valence-corrected chi connectivity index (χ4v) is 4.49. The van der Waals surface area contributed by atoms with Gasteiger partial charge in [0.05, 0.1) is 17.5 Å². The Morgan fingerprint density at radius 1 is 1.31 bits per heavy atom. The van der Waals surface area contributed by atoms with Crippen molar-refractivity contribution < 1.29 is 8.42 Å². The van der Waals surface area contributed by atoms with Crippen molar-refractivity contribution in [3.05, 3.63) is 33.8 Å². The molecule has 0 aliphatic carbocycles. The van der Waals surface area contributed by atoms with Crippen LogP contribution in [0.4, 0.5) is 0 Å². The van der Waals surface area contributed by atoms with Gasteiger partial charge >= 0.3 is 0 Å². The van der Waals surface area contributed by atoms with Crippen LogP contribution in [0.5, 0.6) is 0 Å². The minimum Gasteiger partial charge on any atom is -0.355 e. The van der Waals surface area contributed by atoms with Gasteiger partial charge in [-0.05, 0) is 24.6 Å². The van der Waals surface area contributed by atoms with E-state index in [9.17, 15) is 8.42 Å². The van der Waals surface area contributed by atoms with Crippen LogP contribution in [-0.2, 0) is 9.84 Å². The topological polar surface area (TPSA) is 73.8 Å². The van der Waals surface area contributed by atoms with Crippen molar-refractivity contribution in [2.24, 2.45) is 4.99 Å². The fourth-order valence-electron chi connectivity index (χ4n) is 2.64. The highest BCUT2D eigenvalue weighted by Gasteiger charge is 2.21. The van der Waals surface area contributed by atoms with E-state index >= 15 is 0 Å². The number of benzene rings is 1. The molecule has 0 saturated carbocycles. The van der Waals surface area contributed by atoms with Crippen molar-refractivity contribution in [3.63, 3.8) is 0 Å². The first-order chi connectivity index (χ1) is 11.8. The second-order valence-electron chi connectivity index (χ2n) is 6.02. The summed E-state index contributed by atoms with van der Waals surface area (Å²) in [5.41, 5.74) is 0.940. The molecular formula is C16H25Cl2IN4O2S. The van der Waals surface area contributed by atoms with Crippen LogP contribution < -0.4 is 10.6 Å². The van der Waals surface area contributed by atoms with E-state index in [1.165, 1.54) is 0 Å². The smallest absolute Gasteiger partial charge is 0.191 e. The first-order valence-corrected chi connectivity index (χ1v) is 10.7. The summed E-state index contributed by atoms with van der Waals surface area (Å²) in [6.45, 7) is 4.63. The van der Waals surface area contributed by atoms with Gasteiger partial charge in [0.15, 0.2) is 15.8 Å². The summed E-state index contributed by atoms with van der Waals surface area (Å²) in [6, 6.07) is 5.39. The number of hydrogen-bond donors (Lipinski definition) is 2. The molecule has 0 aromatic heterocycles. The molecule has 0 radical (unpaired) electrons. The quantitative estimate of drug-likeness (QED) is 0.345. The van der Waals surface area contributed by atoms with Crippen LogP contribution in [0.1, 0.15) is 18.5 Å². The molecule has 1 heterocycles. The molecule has 1 fully saturated rings. The van der Waals surface area contributed by atoms with Gasteiger partial charge in [0, 0.05) is 43.3 Å². The van der Waals surface area contributed by atoms with E-state index in [0.29, 0.717) is 35.6 Å². The summed E-state index contributed by atoms with van der Waals surface area (Å²) < 4.78 is 22.9. The van der Waals surface area contributed by atoms with Gasteiger partial charge in [0.1, 0.15) is 0 Å². The van der Waals surface area contributed by atoms with Gasteiger partial charge in [-0.15, -0.1) is 24.0 Å². The largest absolute Gasteiger partial charge is 0.355 e. The summed E-state index contributed by atoms with van der Waals surface area (Å²) in [5, 5.41) is 7.75. The van der Waals surface area contributed by atoms with E-state index in [2.05, 4.69) is 20.5 Å². The highest BCUT2D eigenvalue weighted by molar-refractivity contribution is 14.0. The predicted molar refractivity (Wildman–Crippen MR) is 120 cm³/mol. The van der Waals surface area contributed by atoms with Gasteiger partial charge in [-0.1, -0.05) is 29.3 Å². The third-order valence-electron chi connectivity index (χ3n) is 4.16. The number of halogens is 3. The normalized spacial score (nSPS) is 18.7. The van der Waals surface area contributed by atoms with Crippen molar-refractivity contribution in [3.8, 4) is 0 Å². The summed E-state index contributed by atoms with van der Waals surface area (Å²) in [4.78, 5) is 6.36. The van der Waals surface area contributed by atoms with Crippen molar-refractivity contribution >= 4 is 63.0 Å². The maximum Gasteiger partial charge on any atom is 0.191 e. The molecule has 1 aromatic carbocycles. The number of hydrogen-bond acceptors (Lipinski definition) is 4. The molecule has 1 atom stereocenters. The predicted octanol–water partition coefficient (Wildman–Crippen LogP) is 2.57. The third kappa shape index (κ3) is 7.38. The Morgan fingerprint density at radius 2 is 1.96 bits per heavy atom. The van der Waals surface area contributed by atoms with Crippen molar-refractivity contribution in [1.82, 2.24) is 15.5 Å². The number of guanidine groups is 1. The van der Waals surface area contributed by atoms with E-state index < -0.39 is 9.84 Å². The molecule has 0 bridgehead atoms. The van der Waals surface area contributed by atoms with Crippen molar-refractivity contribution in [2.45, 2.75) is 13.0 Å². The molecule has 1 aromatic rings. The molecule has 10 heteroatoms. The zero-order chi connectivity index (χ0) is 18.4. The van der Waals surface area contributed by atoms with E-state index in [1.54, 1.807) is 13.1 Å². The standard InChI is InChI=1S/C16H24Cl2N4O2S.HI/c1-12(14-4-3-13(17)11-15(14)18)21-16(19-2)20-5-6-22-7-9-25(23,24)10-8-22;/h3-4,11-12H,5-10H2,1-2H3,(H2,19,20,21);1H. The van der Waals surface area contributed by atoms with Crippen molar-refractivity contribution in [2.75, 3.05) is 44.7 Å². The van der Waals surface area contributed by atoms with Gasteiger partial charge in [0.2, 0.25) is 0 Å². The second-order valence-corrected chi connectivity index (χ2v) is 9.17. The fraction of sp³-hybridized carbons (Fsp3) is 0.562. The second kappa shape index (κ2) is 10.9. The maximum absolute atomic E-state index is 11.4. The van der Waals surface area contributed by atoms with E-state index in [4.69, 9.17) is 23.2 Å². The maximum atomic E-state index is 11.4. The minimum atomic E-state index is -2.84. The number of nitrogens with zero attached hydrogens (tertiary/aromatic N) is 2. The van der Waals surface area contributed by atoms with E-state index in [0.717, 1.165) is 12.1 Å². The molecular weight excluding hydrogens is 510 g/mol. The Morgan fingerprint density at radius 3 is 2.54 bits per heavy atom. The van der Waals surface area contributed by atoms with Crippen LogP contribution in [-0.4, -0.2) is 64.0 Å². The zero-order valence-corrected chi connectivity index (χ0v) is 19.5. The first kappa shape index (κ1) is 23.7. The Bertz CT molecular complexity index is 717. The van der Waals surface area contributed by atoms with Crippen LogP contribution in [0.15, 0.2) is 23.2 Å². The Hall–Kier alpha value is -0.290. The highest BCUT2D eigenvalue weighted by atomic mass is 127. The Labute approximate surface area is 182 Å². The summed E-state index contributed by atoms with van der Waals surface area (Å²) in [6.07, 6.45) is 0. The van der Waals surface area contributed by atoms with Gasteiger partial charge in [-0.25, -0.2) is 8.42 Å². The molecule has 1 aliphatic heterocycles. The average Bonchev–Trinajstić information content (AvgIpc) is 2.55. The third-order valence-corrected chi connectivity index (χ3v) is 6.33. The van der Waals surface area contributed by atoms with E-state index in [-0.39, 0.29) is 41.5 Å². The lowest BCUT2D eigenvalue weighted by atomic mass is 10.1. The van der Waals surface area contributed by atoms with Crippen LogP contribution in [0.25, 0.3) is 0 Å². The molecule has 2 N–H and O–H groups in total. The molecule has 26 heavy (non-hydrogen) atoms. The lowest BCUT2D eigenvalue weighted by molar-refractivity contribution is 0.299. The highest BCUT2D eigenvalue weighted by Crippen LogP contribution is 2.25. The van der Waals surface area contributed by atoms with Crippen LogP contribution in [0.3, 0.4) is 0 Å². The number of nitrogens with one attached hydrogen (secondary N) is 2. The SMILES string of the molecule is CN=C(NCCN1CCS(=O)(=O)CC1)NC(C)c1ccc(Cl)cc1Cl.I. The van der Waals surface area contributed by atoms with E-state index in [1.807, 2.05) is 19.1 Å². The monoisotopic (exact) mass is 534 g/mol. The molecule has 0 spiro atoms. The number of aliphatic imine (C=N–C) groups is 1. The Balaban J connectivity index is 0.00000338. The molecule has 0 amide bonds. The van der Waals surface area contributed by atoms with Gasteiger partial charge in [-0.3, -0.25) is 9.89 Å². The molecule has 1 saturated heterocycles. The minimum absolute atomic E-state index is 0. The first-order valence-electron chi connectivity index (χ1n) is 8.15. The molecule has 6 nitrogen and oxygen atoms in total. The van der Waals surface area contributed by atoms with Crippen molar-refractivity contribution in [1.29, 1.82) is 0 Å². The zero-order valence-electron chi connectivity index (χ0n) is 14.8. The molecule has 1 aliphatic rings. The number of rotatable bonds is 5. The molecule has 2 rings (SSSR count). The van der Waals surface area contributed by atoms with Gasteiger partial charge in [-0.2, -0.15) is 0 Å².